The fraction of sp³-hybridized carbons (Fsp3) is 0.389. The molecular formula is C18H21N5O3S2. The molecule has 1 saturated heterocycles. The number of fused-ring (bicyclic) bond motifs is 1. The Hall–Kier alpha value is -2.17. The van der Waals surface area contributed by atoms with Gasteiger partial charge >= 0.3 is 0 Å². The van der Waals surface area contributed by atoms with Gasteiger partial charge in [-0.05, 0) is 24.3 Å². The first-order valence-corrected chi connectivity index (χ1v) is 11.4. The van der Waals surface area contributed by atoms with Crippen molar-refractivity contribution >= 4 is 39.3 Å². The number of piperazine rings is 1. The first-order chi connectivity index (χ1) is 13.4. The summed E-state index contributed by atoms with van der Waals surface area (Å²) in [6.07, 6.45) is 3.76. The van der Waals surface area contributed by atoms with E-state index in [4.69, 9.17) is 0 Å². The third-order valence-corrected chi connectivity index (χ3v) is 7.81. The molecule has 1 aromatic carbocycles. The van der Waals surface area contributed by atoms with E-state index in [1.807, 2.05) is 11.8 Å². The minimum absolute atomic E-state index is 0.0928. The third kappa shape index (κ3) is 3.85. The van der Waals surface area contributed by atoms with Crippen LogP contribution in [0.15, 0.2) is 46.5 Å². The average Bonchev–Trinajstić information content (AvgIpc) is 2.84. The third-order valence-electron chi connectivity index (χ3n) is 4.74. The Balaban J connectivity index is 1.52. The number of sulfonamides is 1. The molecule has 0 spiro atoms. The van der Waals surface area contributed by atoms with Crippen molar-refractivity contribution in [3.05, 3.63) is 36.7 Å². The number of amides is 1. The van der Waals surface area contributed by atoms with Crippen molar-refractivity contribution in [2.75, 3.05) is 36.4 Å². The van der Waals surface area contributed by atoms with Crippen LogP contribution < -0.4 is 10.2 Å². The second-order valence-electron chi connectivity index (χ2n) is 6.78. The summed E-state index contributed by atoms with van der Waals surface area (Å²) in [5, 5.41) is 2.98. The highest BCUT2D eigenvalue weighted by Gasteiger charge is 2.30. The number of hydrogen-bond acceptors (Lipinski definition) is 7. The van der Waals surface area contributed by atoms with Gasteiger partial charge in [-0.3, -0.25) is 4.79 Å². The molecule has 1 N–H and O–H groups in total. The zero-order valence-electron chi connectivity index (χ0n) is 15.4. The predicted molar refractivity (Wildman–Crippen MR) is 108 cm³/mol. The summed E-state index contributed by atoms with van der Waals surface area (Å²) in [6, 6.07) is 6.72. The van der Waals surface area contributed by atoms with Crippen LogP contribution >= 0.6 is 11.8 Å². The van der Waals surface area contributed by atoms with Crippen LogP contribution in [0.4, 0.5) is 11.6 Å². The molecule has 1 amide bonds. The summed E-state index contributed by atoms with van der Waals surface area (Å²) in [5.74, 6) is 0.517. The van der Waals surface area contributed by atoms with Crippen LogP contribution in [0.3, 0.4) is 0 Å². The van der Waals surface area contributed by atoms with E-state index in [9.17, 15) is 13.2 Å². The first kappa shape index (κ1) is 19.2. The molecule has 10 heteroatoms. The predicted octanol–water partition coefficient (Wildman–Crippen LogP) is 1.81. The highest BCUT2D eigenvalue weighted by Crippen LogP contribution is 2.36. The molecule has 2 aromatic rings. The van der Waals surface area contributed by atoms with Crippen molar-refractivity contribution in [2.24, 2.45) is 0 Å². The SMILES string of the molecule is C[C@@H]1CC(=O)Nc2cc(S(=O)(=O)N3CCN(c4ncccn4)CC3)ccc2S1. The number of benzene rings is 1. The van der Waals surface area contributed by atoms with Crippen molar-refractivity contribution in [1.82, 2.24) is 14.3 Å². The number of nitrogens with zero attached hydrogens (tertiary/aromatic N) is 4. The first-order valence-electron chi connectivity index (χ1n) is 9.06. The maximum absolute atomic E-state index is 13.1. The van der Waals surface area contributed by atoms with Gasteiger partial charge in [0.1, 0.15) is 0 Å². The lowest BCUT2D eigenvalue weighted by Crippen LogP contribution is -2.49. The monoisotopic (exact) mass is 419 g/mol. The molecule has 28 heavy (non-hydrogen) atoms. The standard InChI is InChI=1S/C18H21N5O3S2/c1-13-11-17(24)21-15-12-14(3-4-16(15)27-13)28(25,26)23-9-7-22(8-10-23)18-19-5-2-6-20-18/h2-6,12-13H,7-11H2,1H3,(H,21,24)/t13-/m1/s1. The minimum Gasteiger partial charge on any atom is -0.338 e. The highest BCUT2D eigenvalue weighted by molar-refractivity contribution is 8.00. The van der Waals surface area contributed by atoms with Crippen LogP contribution in [0, 0.1) is 0 Å². The number of carbonyl (C=O) groups excluding carboxylic acids is 1. The fourth-order valence-corrected chi connectivity index (χ4v) is 5.82. The lowest BCUT2D eigenvalue weighted by atomic mass is 10.3. The zero-order valence-corrected chi connectivity index (χ0v) is 17.0. The molecule has 0 radical (unpaired) electrons. The lowest BCUT2D eigenvalue weighted by Gasteiger charge is -2.34. The molecule has 1 aromatic heterocycles. The van der Waals surface area contributed by atoms with Crippen LogP contribution in [-0.2, 0) is 14.8 Å². The van der Waals surface area contributed by atoms with Gasteiger partial charge in [0.25, 0.3) is 0 Å². The number of nitrogens with one attached hydrogen (secondary N) is 1. The van der Waals surface area contributed by atoms with E-state index in [0.29, 0.717) is 44.2 Å². The Bertz CT molecular complexity index is 976. The summed E-state index contributed by atoms with van der Waals surface area (Å²) < 4.78 is 27.7. The number of aromatic nitrogens is 2. The fourth-order valence-electron chi connectivity index (χ4n) is 3.32. The molecule has 1 atom stereocenters. The van der Waals surface area contributed by atoms with Gasteiger partial charge in [0.15, 0.2) is 0 Å². The quantitative estimate of drug-likeness (QED) is 0.811. The van der Waals surface area contributed by atoms with Crippen LogP contribution in [-0.4, -0.2) is 60.0 Å². The molecule has 1 fully saturated rings. The molecule has 4 rings (SSSR count). The van der Waals surface area contributed by atoms with Gasteiger partial charge in [0, 0.05) is 55.1 Å². The van der Waals surface area contributed by atoms with Gasteiger partial charge in [-0.15, -0.1) is 11.8 Å². The summed E-state index contributed by atoms with van der Waals surface area (Å²) in [4.78, 5) is 23.5. The zero-order chi connectivity index (χ0) is 19.7. The Kier molecular flexibility index (Phi) is 5.26. The van der Waals surface area contributed by atoms with Gasteiger partial charge in [-0.1, -0.05) is 6.92 Å². The molecule has 2 aliphatic rings. The van der Waals surface area contributed by atoms with Crippen LogP contribution in [0.25, 0.3) is 0 Å². The van der Waals surface area contributed by atoms with Crippen LogP contribution in [0.2, 0.25) is 0 Å². The van der Waals surface area contributed by atoms with Gasteiger partial charge in [-0.2, -0.15) is 4.31 Å². The van der Waals surface area contributed by atoms with Gasteiger partial charge < -0.3 is 10.2 Å². The van der Waals surface area contributed by atoms with Crippen molar-refractivity contribution in [2.45, 2.75) is 28.4 Å². The highest BCUT2D eigenvalue weighted by atomic mass is 32.2. The Morgan fingerprint density at radius 2 is 1.86 bits per heavy atom. The average molecular weight is 420 g/mol. The second kappa shape index (κ2) is 7.69. The van der Waals surface area contributed by atoms with E-state index in [2.05, 4.69) is 15.3 Å². The number of carbonyl (C=O) groups is 1. The number of hydrogen-bond donors (Lipinski definition) is 1. The van der Waals surface area contributed by atoms with Crippen LogP contribution in [0.5, 0.6) is 0 Å². The number of thioether (sulfide) groups is 1. The van der Waals surface area contributed by atoms with Crippen LogP contribution in [0.1, 0.15) is 13.3 Å². The minimum atomic E-state index is -3.64. The molecule has 148 valence electrons. The van der Waals surface area contributed by atoms with E-state index in [-0.39, 0.29) is 16.1 Å². The molecule has 2 aliphatic heterocycles. The molecule has 8 nitrogen and oxygen atoms in total. The smallest absolute Gasteiger partial charge is 0.243 e. The molecule has 0 unspecified atom stereocenters. The maximum Gasteiger partial charge on any atom is 0.243 e. The summed E-state index contributed by atoms with van der Waals surface area (Å²) in [5.41, 5.74) is 0.566. The van der Waals surface area contributed by atoms with E-state index in [0.717, 1.165) is 4.90 Å². The lowest BCUT2D eigenvalue weighted by molar-refractivity contribution is -0.116. The second-order valence-corrected chi connectivity index (χ2v) is 10.2. The van der Waals surface area contributed by atoms with E-state index in [1.54, 1.807) is 48.4 Å². The maximum atomic E-state index is 13.1. The van der Waals surface area contributed by atoms with Crippen molar-refractivity contribution in [1.29, 1.82) is 0 Å². The summed E-state index contributed by atoms with van der Waals surface area (Å²) >= 11 is 1.58. The Morgan fingerprint density at radius 1 is 1.14 bits per heavy atom. The number of anilines is 2. The van der Waals surface area contributed by atoms with E-state index < -0.39 is 10.0 Å². The number of rotatable bonds is 3. The van der Waals surface area contributed by atoms with Gasteiger partial charge in [0.05, 0.1) is 10.6 Å². The largest absolute Gasteiger partial charge is 0.338 e. The van der Waals surface area contributed by atoms with E-state index >= 15 is 0 Å². The van der Waals surface area contributed by atoms with Crippen molar-refractivity contribution in [3.8, 4) is 0 Å². The molecule has 0 saturated carbocycles. The summed E-state index contributed by atoms with van der Waals surface area (Å²) in [7, 11) is -3.64. The Morgan fingerprint density at radius 3 is 2.57 bits per heavy atom. The van der Waals surface area contributed by atoms with E-state index in [1.165, 1.54) is 4.31 Å². The van der Waals surface area contributed by atoms with Crippen molar-refractivity contribution in [3.63, 3.8) is 0 Å². The Labute approximate surface area is 168 Å². The topological polar surface area (TPSA) is 95.5 Å². The normalized spacial score (nSPS) is 21.0. The van der Waals surface area contributed by atoms with Gasteiger partial charge in [0.2, 0.25) is 21.9 Å². The van der Waals surface area contributed by atoms with Gasteiger partial charge in [-0.25, -0.2) is 18.4 Å². The molecule has 3 heterocycles. The molecule has 0 bridgehead atoms. The molecular weight excluding hydrogens is 398 g/mol. The molecule has 0 aliphatic carbocycles. The van der Waals surface area contributed by atoms with Crippen molar-refractivity contribution < 1.29 is 13.2 Å². The summed E-state index contributed by atoms with van der Waals surface area (Å²) in [6.45, 7) is 3.75.